The van der Waals surface area contributed by atoms with Crippen LogP contribution >= 0.6 is 0 Å². The predicted octanol–water partition coefficient (Wildman–Crippen LogP) is 3.42. The van der Waals surface area contributed by atoms with Crippen LogP contribution < -0.4 is 5.32 Å². The number of amides is 1. The molecule has 1 aromatic heterocycles. The minimum Gasteiger partial charge on any atom is -0.359 e. The third-order valence-corrected chi connectivity index (χ3v) is 5.82. The number of rotatable bonds is 5. The Kier molecular flexibility index (Phi) is 6.13. The summed E-state index contributed by atoms with van der Waals surface area (Å²) >= 11 is 0. The summed E-state index contributed by atoms with van der Waals surface area (Å²) in [5.41, 5.74) is 2.08. The molecule has 6 nitrogen and oxygen atoms in total. The van der Waals surface area contributed by atoms with Crippen molar-refractivity contribution in [2.24, 2.45) is 11.3 Å². The van der Waals surface area contributed by atoms with Crippen molar-refractivity contribution in [3.8, 4) is 11.4 Å². The molecule has 1 atom stereocenters. The molecule has 1 N–H and O–H groups in total. The molecular weight excluding hydrogens is 383 g/mol. The average Bonchev–Trinajstić information content (AvgIpc) is 3.04. The molecule has 162 valence electrons. The van der Waals surface area contributed by atoms with Gasteiger partial charge in [-0.25, -0.2) is 9.37 Å². The van der Waals surface area contributed by atoms with Gasteiger partial charge in [0.05, 0.1) is 17.2 Å². The van der Waals surface area contributed by atoms with E-state index in [0.717, 1.165) is 17.8 Å². The van der Waals surface area contributed by atoms with Crippen molar-refractivity contribution in [3.63, 3.8) is 0 Å². The maximum absolute atomic E-state index is 14.6. The number of nitrogens with one attached hydrogen (secondary N) is 1. The zero-order chi connectivity index (χ0) is 22.2. The highest BCUT2D eigenvalue weighted by molar-refractivity contribution is 5.99. The zero-order valence-electron chi connectivity index (χ0n) is 18.7. The quantitative estimate of drug-likeness (QED) is 0.762. The third kappa shape index (κ3) is 4.31. The molecule has 3 rings (SSSR count). The Bertz CT molecular complexity index is 974. The fourth-order valence-corrected chi connectivity index (χ4v) is 3.98. The van der Waals surface area contributed by atoms with E-state index in [1.165, 1.54) is 6.07 Å². The first-order valence-electron chi connectivity index (χ1n) is 10.3. The van der Waals surface area contributed by atoms with Crippen LogP contribution in [0.4, 0.5) is 4.39 Å². The fourth-order valence-electron chi connectivity index (χ4n) is 3.98. The summed E-state index contributed by atoms with van der Waals surface area (Å²) in [6, 6.07) is 4.92. The van der Waals surface area contributed by atoms with Crippen LogP contribution in [0.1, 0.15) is 48.9 Å². The molecule has 1 aliphatic heterocycles. The molecule has 0 unspecified atom stereocenters. The molecule has 0 bridgehead atoms. The molecule has 0 fully saturated rings. The van der Waals surface area contributed by atoms with Crippen molar-refractivity contribution in [2.75, 3.05) is 20.6 Å². The summed E-state index contributed by atoms with van der Waals surface area (Å²) in [4.78, 5) is 32.5. The van der Waals surface area contributed by atoms with Gasteiger partial charge >= 0.3 is 0 Å². The number of carbonyl (C=O) groups is 2. The number of benzene rings is 1. The highest BCUT2D eigenvalue weighted by Crippen LogP contribution is 2.33. The third-order valence-electron chi connectivity index (χ3n) is 5.82. The molecule has 0 saturated heterocycles. The first kappa shape index (κ1) is 22.2. The van der Waals surface area contributed by atoms with Gasteiger partial charge in [0, 0.05) is 33.1 Å². The van der Waals surface area contributed by atoms with Crippen molar-refractivity contribution in [3.05, 3.63) is 41.0 Å². The van der Waals surface area contributed by atoms with Crippen LogP contribution in [0, 0.1) is 24.1 Å². The van der Waals surface area contributed by atoms with Crippen LogP contribution in [0.3, 0.4) is 0 Å². The van der Waals surface area contributed by atoms with Gasteiger partial charge in [-0.1, -0.05) is 32.4 Å². The molecule has 7 heteroatoms. The van der Waals surface area contributed by atoms with Gasteiger partial charge in [0.25, 0.3) is 0 Å². The minimum absolute atomic E-state index is 0.0621. The Balaban J connectivity index is 2.07. The second kappa shape index (κ2) is 8.30. The summed E-state index contributed by atoms with van der Waals surface area (Å²) in [5, 5.41) is 2.67. The normalized spacial score (nSPS) is 15.6. The van der Waals surface area contributed by atoms with Crippen molar-refractivity contribution in [1.82, 2.24) is 19.8 Å². The Morgan fingerprint density at radius 3 is 2.60 bits per heavy atom. The summed E-state index contributed by atoms with van der Waals surface area (Å²) in [7, 11) is 3.57. The van der Waals surface area contributed by atoms with Crippen molar-refractivity contribution >= 4 is 11.7 Å². The topological polar surface area (TPSA) is 67.2 Å². The number of halogens is 1. The number of ketones is 1. The standard InChI is InChI=1S/C23H31FN4O2/c1-14-7-8-17(24)15(11-14)21-26-20(18-13-27(6)9-10-28(18)21)19(29)12-16(22(30)25-5)23(2,3)4/h7-8,11,16H,9-10,12-13H2,1-6H3,(H,25,30)/t16-/m1/s1. The molecule has 1 amide bonds. The van der Waals surface area contributed by atoms with Gasteiger partial charge in [0.2, 0.25) is 5.91 Å². The van der Waals surface area contributed by atoms with Crippen LogP contribution in [0.25, 0.3) is 11.4 Å². The first-order valence-corrected chi connectivity index (χ1v) is 10.3. The van der Waals surface area contributed by atoms with Gasteiger partial charge in [-0.05, 0) is 31.5 Å². The number of carbonyl (C=O) groups excluding carboxylic acids is 2. The lowest BCUT2D eigenvalue weighted by molar-refractivity contribution is -0.127. The summed E-state index contributed by atoms with van der Waals surface area (Å²) < 4.78 is 16.6. The number of hydrogen-bond acceptors (Lipinski definition) is 4. The molecular formula is C23H31FN4O2. The molecule has 0 spiro atoms. The van der Waals surface area contributed by atoms with E-state index in [-0.39, 0.29) is 29.3 Å². The van der Waals surface area contributed by atoms with Crippen molar-refractivity contribution in [1.29, 1.82) is 0 Å². The van der Waals surface area contributed by atoms with Gasteiger partial charge in [0.15, 0.2) is 5.78 Å². The minimum atomic E-state index is -0.479. The molecule has 1 aliphatic rings. The maximum atomic E-state index is 14.6. The number of hydrogen-bond donors (Lipinski definition) is 1. The number of likely N-dealkylation sites (N-methyl/N-ethyl adjacent to an activating group) is 1. The van der Waals surface area contributed by atoms with Crippen LogP contribution in [0.2, 0.25) is 0 Å². The molecule has 2 heterocycles. The van der Waals surface area contributed by atoms with E-state index in [9.17, 15) is 14.0 Å². The van der Waals surface area contributed by atoms with E-state index >= 15 is 0 Å². The second-order valence-corrected chi connectivity index (χ2v) is 9.26. The summed E-state index contributed by atoms with van der Waals surface area (Å²) in [6.45, 7) is 9.73. The van der Waals surface area contributed by atoms with Gasteiger partial charge in [0.1, 0.15) is 17.3 Å². The monoisotopic (exact) mass is 414 g/mol. The lowest BCUT2D eigenvalue weighted by Crippen LogP contribution is -2.38. The molecule has 1 aromatic carbocycles. The van der Waals surface area contributed by atoms with E-state index in [1.807, 2.05) is 39.3 Å². The Morgan fingerprint density at radius 2 is 1.97 bits per heavy atom. The molecule has 2 aromatic rings. The number of aromatic nitrogens is 2. The first-order chi connectivity index (χ1) is 14.0. The van der Waals surface area contributed by atoms with E-state index < -0.39 is 5.92 Å². The highest BCUT2D eigenvalue weighted by atomic mass is 19.1. The molecule has 0 radical (unpaired) electrons. The van der Waals surface area contributed by atoms with Crippen molar-refractivity contribution in [2.45, 2.75) is 47.2 Å². The number of aryl methyl sites for hydroxylation is 1. The zero-order valence-corrected chi connectivity index (χ0v) is 18.7. The lowest BCUT2D eigenvalue weighted by atomic mass is 9.77. The molecule has 30 heavy (non-hydrogen) atoms. The van der Waals surface area contributed by atoms with Crippen LogP contribution in [-0.2, 0) is 17.9 Å². The maximum Gasteiger partial charge on any atom is 0.223 e. The van der Waals surface area contributed by atoms with E-state index in [0.29, 0.717) is 30.2 Å². The van der Waals surface area contributed by atoms with Crippen LogP contribution in [0.15, 0.2) is 18.2 Å². The largest absolute Gasteiger partial charge is 0.359 e. The van der Waals surface area contributed by atoms with E-state index in [1.54, 1.807) is 19.2 Å². The smallest absolute Gasteiger partial charge is 0.223 e. The predicted molar refractivity (Wildman–Crippen MR) is 115 cm³/mol. The van der Waals surface area contributed by atoms with Crippen LogP contribution in [0.5, 0.6) is 0 Å². The van der Waals surface area contributed by atoms with Gasteiger partial charge in [-0.2, -0.15) is 0 Å². The van der Waals surface area contributed by atoms with Gasteiger partial charge < -0.3 is 9.88 Å². The van der Waals surface area contributed by atoms with Gasteiger partial charge in [-0.3, -0.25) is 14.5 Å². The fraction of sp³-hybridized carbons (Fsp3) is 0.522. The second-order valence-electron chi connectivity index (χ2n) is 9.26. The van der Waals surface area contributed by atoms with Gasteiger partial charge in [-0.15, -0.1) is 0 Å². The number of imidazole rings is 1. The summed E-state index contributed by atoms with van der Waals surface area (Å²) in [5.74, 6) is -0.699. The summed E-state index contributed by atoms with van der Waals surface area (Å²) in [6.07, 6.45) is 0.0621. The Hall–Kier alpha value is -2.54. The number of fused-ring (bicyclic) bond motifs is 1. The number of Topliss-reactive ketones (excluding diaryl/α,β-unsaturated/α-hetero) is 1. The number of nitrogens with zero attached hydrogens (tertiary/aromatic N) is 3. The van der Waals surface area contributed by atoms with Crippen molar-refractivity contribution < 1.29 is 14.0 Å². The SMILES string of the molecule is CNC(=O)[C@@H](CC(=O)c1nc(-c2cc(C)ccc2F)n2c1CN(C)CC2)C(C)(C)C. The molecule has 0 aliphatic carbocycles. The van der Waals surface area contributed by atoms with E-state index in [2.05, 4.69) is 15.2 Å². The lowest BCUT2D eigenvalue weighted by Gasteiger charge is -2.29. The Labute approximate surface area is 177 Å². The Morgan fingerprint density at radius 1 is 1.27 bits per heavy atom. The van der Waals surface area contributed by atoms with E-state index in [4.69, 9.17) is 0 Å². The van der Waals surface area contributed by atoms with Crippen LogP contribution in [-0.4, -0.2) is 46.8 Å². The average molecular weight is 415 g/mol. The molecule has 0 saturated carbocycles. The highest BCUT2D eigenvalue weighted by Gasteiger charge is 2.35.